The van der Waals surface area contributed by atoms with E-state index in [0.29, 0.717) is 5.56 Å². The molecule has 0 saturated heterocycles. The van der Waals surface area contributed by atoms with Gasteiger partial charge in [0.05, 0.1) is 12.2 Å². The van der Waals surface area contributed by atoms with Gasteiger partial charge in [-0.1, -0.05) is 18.2 Å². The van der Waals surface area contributed by atoms with Crippen LogP contribution in [-0.2, 0) is 13.2 Å². The summed E-state index contributed by atoms with van der Waals surface area (Å²) in [5.41, 5.74) is 0.268. The fraction of sp³-hybridized carbons (Fsp3) is 0.188. The first-order chi connectivity index (χ1) is 11.3. The number of alkyl halides is 3. The minimum atomic E-state index is -4.91. The van der Waals surface area contributed by atoms with Gasteiger partial charge in [-0.2, -0.15) is 0 Å². The van der Waals surface area contributed by atoms with Crippen LogP contribution in [0.15, 0.2) is 42.5 Å². The number of rotatable bonds is 5. The van der Waals surface area contributed by atoms with Crippen molar-refractivity contribution in [1.82, 2.24) is 5.32 Å². The van der Waals surface area contributed by atoms with Crippen LogP contribution in [0.25, 0.3) is 0 Å². The summed E-state index contributed by atoms with van der Waals surface area (Å²) >= 11 is 0. The lowest BCUT2D eigenvalue weighted by Crippen LogP contribution is -2.25. The van der Waals surface area contributed by atoms with Gasteiger partial charge in [0.1, 0.15) is 11.6 Å². The summed E-state index contributed by atoms with van der Waals surface area (Å²) in [6, 6.07) is 8.82. The lowest BCUT2D eigenvalue weighted by molar-refractivity contribution is -0.274. The largest absolute Gasteiger partial charge is 0.573 e. The van der Waals surface area contributed by atoms with E-state index in [2.05, 4.69) is 10.1 Å². The third-order valence-corrected chi connectivity index (χ3v) is 3.09. The summed E-state index contributed by atoms with van der Waals surface area (Å²) in [5, 5.41) is 11.4. The average molecular weight is 343 g/mol. The SMILES string of the molecule is O=C(NCc1ccc(F)c(CO)c1)c1ccccc1OC(F)(F)F. The molecule has 0 aliphatic heterocycles. The smallest absolute Gasteiger partial charge is 0.405 e. The summed E-state index contributed by atoms with van der Waals surface area (Å²) in [4.78, 5) is 12.1. The fourth-order valence-corrected chi connectivity index (χ4v) is 2.00. The second-order valence-electron chi connectivity index (χ2n) is 4.81. The lowest BCUT2D eigenvalue weighted by atomic mass is 10.1. The Morgan fingerprint density at radius 3 is 2.54 bits per heavy atom. The highest BCUT2D eigenvalue weighted by Crippen LogP contribution is 2.26. The first kappa shape index (κ1) is 17.7. The van der Waals surface area contributed by atoms with E-state index in [1.807, 2.05) is 0 Å². The van der Waals surface area contributed by atoms with Crippen molar-refractivity contribution in [3.8, 4) is 5.75 Å². The number of aliphatic hydroxyl groups excluding tert-OH is 1. The van der Waals surface area contributed by atoms with Gasteiger partial charge in [-0.15, -0.1) is 13.2 Å². The molecular formula is C16H13F4NO3. The highest BCUT2D eigenvalue weighted by molar-refractivity contribution is 5.96. The minimum absolute atomic E-state index is 0.0491. The Morgan fingerprint density at radius 2 is 1.88 bits per heavy atom. The summed E-state index contributed by atoms with van der Waals surface area (Å²) in [5.74, 6) is -1.97. The van der Waals surface area contributed by atoms with Gasteiger partial charge in [0.25, 0.3) is 5.91 Å². The second-order valence-corrected chi connectivity index (χ2v) is 4.81. The number of aliphatic hydroxyl groups is 1. The predicted molar refractivity (Wildman–Crippen MR) is 76.6 cm³/mol. The quantitative estimate of drug-likeness (QED) is 0.820. The van der Waals surface area contributed by atoms with Crippen molar-refractivity contribution >= 4 is 5.91 Å². The third-order valence-electron chi connectivity index (χ3n) is 3.09. The predicted octanol–water partition coefficient (Wildman–Crippen LogP) is 3.15. The molecule has 0 radical (unpaired) electrons. The van der Waals surface area contributed by atoms with Crippen molar-refractivity contribution < 1.29 is 32.2 Å². The van der Waals surface area contributed by atoms with Crippen molar-refractivity contribution in [2.75, 3.05) is 0 Å². The standard InChI is InChI=1S/C16H13F4NO3/c17-13-6-5-10(7-11(13)9-22)8-21-15(23)12-3-1-2-4-14(12)24-16(18,19)20/h1-7,22H,8-9H2,(H,21,23). The number of carbonyl (C=O) groups is 1. The van der Waals surface area contributed by atoms with Crippen molar-refractivity contribution in [1.29, 1.82) is 0 Å². The Balaban J connectivity index is 2.11. The maximum absolute atomic E-state index is 13.3. The van der Waals surface area contributed by atoms with Gasteiger partial charge in [0, 0.05) is 12.1 Å². The monoisotopic (exact) mass is 343 g/mol. The zero-order valence-electron chi connectivity index (χ0n) is 12.2. The molecule has 0 aliphatic rings. The van der Waals surface area contributed by atoms with E-state index in [4.69, 9.17) is 5.11 Å². The average Bonchev–Trinajstić information content (AvgIpc) is 2.52. The molecule has 1 amide bonds. The molecule has 4 nitrogen and oxygen atoms in total. The number of carbonyl (C=O) groups excluding carboxylic acids is 1. The highest BCUT2D eigenvalue weighted by atomic mass is 19.4. The molecule has 24 heavy (non-hydrogen) atoms. The number of hydrogen-bond donors (Lipinski definition) is 2. The molecule has 0 saturated carbocycles. The van der Waals surface area contributed by atoms with E-state index < -0.39 is 30.4 Å². The van der Waals surface area contributed by atoms with E-state index >= 15 is 0 Å². The van der Waals surface area contributed by atoms with Crippen LogP contribution in [0.3, 0.4) is 0 Å². The molecule has 0 heterocycles. The first-order valence-corrected chi connectivity index (χ1v) is 6.81. The number of nitrogens with one attached hydrogen (secondary N) is 1. The van der Waals surface area contributed by atoms with Crippen LogP contribution < -0.4 is 10.1 Å². The third kappa shape index (κ3) is 4.69. The maximum atomic E-state index is 13.3. The van der Waals surface area contributed by atoms with Crippen LogP contribution in [0.2, 0.25) is 0 Å². The number of hydrogen-bond acceptors (Lipinski definition) is 3. The fourth-order valence-electron chi connectivity index (χ4n) is 2.00. The second kappa shape index (κ2) is 7.31. The van der Waals surface area contributed by atoms with Crippen LogP contribution >= 0.6 is 0 Å². The first-order valence-electron chi connectivity index (χ1n) is 6.81. The van der Waals surface area contributed by atoms with Gasteiger partial charge in [0.15, 0.2) is 0 Å². The van der Waals surface area contributed by atoms with E-state index in [0.717, 1.165) is 12.1 Å². The topological polar surface area (TPSA) is 58.6 Å². The molecule has 0 aliphatic carbocycles. The van der Waals surface area contributed by atoms with Gasteiger partial charge in [0.2, 0.25) is 0 Å². The van der Waals surface area contributed by atoms with Crippen LogP contribution in [0.1, 0.15) is 21.5 Å². The minimum Gasteiger partial charge on any atom is -0.405 e. The summed E-state index contributed by atoms with van der Waals surface area (Å²) in [6.45, 7) is -0.553. The molecule has 0 bridgehead atoms. The molecule has 0 fully saturated rings. The number of halogens is 4. The van der Waals surface area contributed by atoms with Gasteiger partial charge >= 0.3 is 6.36 Å². The Hall–Kier alpha value is -2.61. The van der Waals surface area contributed by atoms with Gasteiger partial charge in [-0.3, -0.25) is 4.79 Å². The number of benzene rings is 2. The Morgan fingerprint density at radius 1 is 1.17 bits per heavy atom. The molecule has 0 atom stereocenters. The molecule has 0 aromatic heterocycles. The van der Waals surface area contributed by atoms with E-state index in [-0.39, 0.29) is 17.7 Å². The lowest BCUT2D eigenvalue weighted by Gasteiger charge is -2.13. The molecule has 2 aromatic rings. The Kier molecular flexibility index (Phi) is 5.40. The van der Waals surface area contributed by atoms with E-state index in [9.17, 15) is 22.4 Å². The van der Waals surface area contributed by atoms with E-state index in [1.165, 1.54) is 30.3 Å². The summed E-state index contributed by atoms with van der Waals surface area (Å²) < 4.78 is 54.1. The maximum Gasteiger partial charge on any atom is 0.573 e. The number of amides is 1. The van der Waals surface area contributed by atoms with Gasteiger partial charge in [-0.05, 0) is 29.8 Å². The number of ether oxygens (including phenoxy) is 1. The molecule has 128 valence electrons. The summed E-state index contributed by atoms with van der Waals surface area (Å²) in [7, 11) is 0. The van der Waals surface area contributed by atoms with Crippen LogP contribution in [-0.4, -0.2) is 17.4 Å². The molecule has 2 aromatic carbocycles. The zero-order valence-corrected chi connectivity index (χ0v) is 12.2. The van der Waals surface area contributed by atoms with Crippen molar-refractivity contribution in [2.45, 2.75) is 19.5 Å². The molecular weight excluding hydrogens is 330 g/mol. The number of para-hydroxylation sites is 1. The normalized spacial score (nSPS) is 11.2. The molecule has 2 rings (SSSR count). The van der Waals surface area contributed by atoms with E-state index in [1.54, 1.807) is 0 Å². The molecule has 0 spiro atoms. The van der Waals surface area contributed by atoms with Crippen LogP contribution in [0.5, 0.6) is 5.75 Å². The van der Waals surface area contributed by atoms with Crippen molar-refractivity contribution in [3.63, 3.8) is 0 Å². The van der Waals surface area contributed by atoms with Crippen molar-refractivity contribution in [3.05, 3.63) is 65.0 Å². The van der Waals surface area contributed by atoms with Crippen LogP contribution in [0, 0.1) is 5.82 Å². The zero-order chi connectivity index (χ0) is 17.7. The molecule has 8 heteroatoms. The highest BCUT2D eigenvalue weighted by Gasteiger charge is 2.32. The Bertz CT molecular complexity index is 732. The van der Waals surface area contributed by atoms with Gasteiger partial charge in [-0.25, -0.2) is 4.39 Å². The Labute approximate surface area is 134 Å². The van der Waals surface area contributed by atoms with Crippen LogP contribution in [0.4, 0.5) is 17.6 Å². The molecule has 2 N–H and O–H groups in total. The molecule has 0 unspecified atom stereocenters. The van der Waals surface area contributed by atoms with Gasteiger partial charge < -0.3 is 15.2 Å². The summed E-state index contributed by atoms with van der Waals surface area (Å²) in [6.07, 6.45) is -4.91. The van der Waals surface area contributed by atoms with Crippen molar-refractivity contribution in [2.24, 2.45) is 0 Å².